The van der Waals surface area contributed by atoms with Crippen molar-refractivity contribution in [2.24, 2.45) is 0 Å². The molecule has 4 heterocycles. The van der Waals surface area contributed by atoms with E-state index in [0.717, 1.165) is 88.7 Å². The molecule has 0 amide bonds. The van der Waals surface area contributed by atoms with Crippen LogP contribution in [0, 0.1) is 0 Å². The van der Waals surface area contributed by atoms with E-state index >= 15 is 0 Å². The Labute approximate surface area is 291 Å². The molecule has 0 radical (unpaired) electrons. The van der Waals surface area contributed by atoms with Crippen LogP contribution in [0.2, 0.25) is 0 Å². The van der Waals surface area contributed by atoms with Gasteiger partial charge in [-0.05, 0) is 48.5 Å². The Morgan fingerprint density at radius 1 is 0.392 bits per heavy atom. The zero-order chi connectivity index (χ0) is 33.5. The van der Waals surface area contributed by atoms with Crippen molar-refractivity contribution in [3.63, 3.8) is 0 Å². The fourth-order valence-corrected chi connectivity index (χ4v) is 7.65. The summed E-state index contributed by atoms with van der Waals surface area (Å²) in [5, 5.41) is 6.68. The van der Waals surface area contributed by atoms with Gasteiger partial charge < -0.3 is 13.4 Å². The highest BCUT2D eigenvalue weighted by Gasteiger charge is 2.20. The molecular formula is C46H27N3O2. The van der Waals surface area contributed by atoms with E-state index in [1.54, 1.807) is 0 Å². The summed E-state index contributed by atoms with van der Waals surface area (Å²) in [6.07, 6.45) is 0. The van der Waals surface area contributed by atoms with E-state index < -0.39 is 0 Å². The molecule has 238 valence electrons. The Hall–Kier alpha value is -6.98. The zero-order valence-corrected chi connectivity index (χ0v) is 27.2. The maximum absolute atomic E-state index is 6.66. The third kappa shape index (κ3) is 4.28. The number of hydrogen-bond acceptors (Lipinski definition) is 4. The quantitative estimate of drug-likeness (QED) is 0.190. The van der Waals surface area contributed by atoms with Crippen molar-refractivity contribution in [2.75, 3.05) is 0 Å². The van der Waals surface area contributed by atoms with Gasteiger partial charge in [0.2, 0.25) is 0 Å². The van der Waals surface area contributed by atoms with E-state index in [9.17, 15) is 0 Å². The van der Waals surface area contributed by atoms with Gasteiger partial charge in [-0.25, -0.2) is 9.97 Å². The summed E-state index contributed by atoms with van der Waals surface area (Å²) in [6, 6.07) is 56.6. The van der Waals surface area contributed by atoms with Crippen molar-refractivity contribution >= 4 is 65.7 Å². The number of furan rings is 2. The fourth-order valence-electron chi connectivity index (χ4n) is 7.65. The van der Waals surface area contributed by atoms with Crippen LogP contribution in [0.4, 0.5) is 0 Å². The molecule has 0 unspecified atom stereocenters. The molecule has 7 aromatic carbocycles. The highest BCUT2D eigenvalue weighted by atomic mass is 16.3. The molecule has 0 saturated carbocycles. The van der Waals surface area contributed by atoms with Crippen molar-refractivity contribution in [3.05, 3.63) is 164 Å². The number of para-hydroxylation sites is 3. The third-order valence-corrected chi connectivity index (χ3v) is 10.0. The lowest BCUT2D eigenvalue weighted by atomic mass is 10.1. The molecule has 0 spiro atoms. The van der Waals surface area contributed by atoms with Gasteiger partial charge >= 0.3 is 0 Å². The lowest BCUT2D eigenvalue weighted by molar-refractivity contribution is 0.668. The van der Waals surface area contributed by atoms with E-state index in [2.05, 4.69) is 120 Å². The monoisotopic (exact) mass is 653 g/mol. The van der Waals surface area contributed by atoms with E-state index in [1.165, 1.54) is 10.8 Å². The summed E-state index contributed by atoms with van der Waals surface area (Å²) in [6.45, 7) is 0. The Morgan fingerprint density at radius 3 is 1.82 bits per heavy atom. The fraction of sp³-hybridized carbons (Fsp3) is 0. The number of rotatable bonds is 4. The van der Waals surface area contributed by atoms with Crippen LogP contribution in [0.5, 0.6) is 0 Å². The molecule has 0 N–H and O–H groups in total. The van der Waals surface area contributed by atoms with Gasteiger partial charge in [0.25, 0.3) is 0 Å². The molecular weight excluding hydrogens is 627 g/mol. The van der Waals surface area contributed by atoms with Crippen molar-refractivity contribution in [3.8, 4) is 39.6 Å². The number of aromatic nitrogens is 3. The predicted octanol–water partition coefficient (Wildman–Crippen LogP) is 12.4. The summed E-state index contributed by atoms with van der Waals surface area (Å²) < 4.78 is 15.3. The highest BCUT2D eigenvalue weighted by Crippen LogP contribution is 2.41. The first kappa shape index (κ1) is 27.9. The molecule has 0 aliphatic rings. The van der Waals surface area contributed by atoms with Crippen molar-refractivity contribution in [1.29, 1.82) is 0 Å². The van der Waals surface area contributed by atoms with Gasteiger partial charge in [0.1, 0.15) is 22.3 Å². The van der Waals surface area contributed by atoms with Gasteiger partial charge in [-0.15, -0.1) is 0 Å². The average Bonchev–Trinajstić information content (AvgIpc) is 3.86. The van der Waals surface area contributed by atoms with E-state index in [0.29, 0.717) is 5.82 Å². The smallest absolute Gasteiger partial charge is 0.164 e. The average molecular weight is 654 g/mol. The van der Waals surface area contributed by atoms with E-state index in [-0.39, 0.29) is 0 Å². The lowest BCUT2D eigenvalue weighted by Gasteiger charge is -2.09. The van der Waals surface area contributed by atoms with Crippen LogP contribution in [0.15, 0.2) is 173 Å². The van der Waals surface area contributed by atoms with Crippen LogP contribution in [-0.4, -0.2) is 14.5 Å². The van der Waals surface area contributed by atoms with Crippen LogP contribution in [0.3, 0.4) is 0 Å². The number of nitrogens with zero attached hydrogens (tertiary/aromatic N) is 3. The van der Waals surface area contributed by atoms with Crippen LogP contribution in [0.1, 0.15) is 0 Å². The zero-order valence-electron chi connectivity index (χ0n) is 27.2. The second-order valence-corrected chi connectivity index (χ2v) is 13.0. The van der Waals surface area contributed by atoms with Crippen LogP contribution < -0.4 is 0 Å². The summed E-state index contributed by atoms with van der Waals surface area (Å²) in [5.74, 6) is 0.623. The largest absolute Gasteiger partial charge is 0.456 e. The lowest BCUT2D eigenvalue weighted by Crippen LogP contribution is -1.96. The minimum Gasteiger partial charge on any atom is -0.456 e. The molecule has 0 aliphatic carbocycles. The second-order valence-electron chi connectivity index (χ2n) is 13.0. The number of benzene rings is 7. The molecule has 0 atom stereocenters. The Bertz CT molecular complexity index is 3080. The molecule has 51 heavy (non-hydrogen) atoms. The van der Waals surface area contributed by atoms with Gasteiger partial charge in [0.05, 0.1) is 28.0 Å². The van der Waals surface area contributed by atoms with E-state index in [1.807, 2.05) is 48.5 Å². The van der Waals surface area contributed by atoms with Gasteiger partial charge in [0, 0.05) is 55.2 Å². The molecule has 5 nitrogen and oxygen atoms in total. The van der Waals surface area contributed by atoms with Crippen LogP contribution >= 0.6 is 0 Å². The van der Waals surface area contributed by atoms with Crippen molar-refractivity contribution < 1.29 is 8.83 Å². The first-order valence-electron chi connectivity index (χ1n) is 17.1. The normalized spacial score (nSPS) is 11.9. The number of fused-ring (bicyclic) bond motifs is 9. The highest BCUT2D eigenvalue weighted by molar-refractivity contribution is 6.18. The maximum atomic E-state index is 6.66. The summed E-state index contributed by atoms with van der Waals surface area (Å²) in [7, 11) is 0. The standard InChI is InChI=1S/C46H27N3O2/c1-3-12-28(13-4-1)38-26-39(29-14-5-2-6-15-29)48-46(47-38)34-19-11-18-33-36-24-30(22-23-43(36)51-45(33)34)49-40-20-9-7-16-31(40)35-25-37-32-17-8-10-21-42(32)50-44(37)27-41(35)49/h1-27H. The van der Waals surface area contributed by atoms with Crippen LogP contribution in [-0.2, 0) is 0 Å². The Kier molecular flexibility index (Phi) is 5.89. The van der Waals surface area contributed by atoms with Gasteiger partial charge in [-0.2, -0.15) is 0 Å². The molecule has 5 heteroatoms. The molecule has 4 aromatic heterocycles. The second kappa shape index (κ2) is 10.8. The van der Waals surface area contributed by atoms with Gasteiger partial charge in [-0.3, -0.25) is 0 Å². The maximum Gasteiger partial charge on any atom is 0.164 e. The summed E-state index contributed by atoms with van der Waals surface area (Å²) in [4.78, 5) is 10.2. The van der Waals surface area contributed by atoms with Crippen molar-refractivity contribution in [2.45, 2.75) is 0 Å². The van der Waals surface area contributed by atoms with Crippen LogP contribution in [0.25, 0.3) is 105 Å². The summed E-state index contributed by atoms with van der Waals surface area (Å²) in [5.41, 5.74) is 11.3. The molecule has 11 rings (SSSR count). The SMILES string of the molecule is c1ccc(-c2cc(-c3ccccc3)nc(-c3cccc4c3oc3ccc(-n5c6ccccc6c6cc7c(cc65)oc5ccccc57)cc34)n2)cc1. The van der Waals surface area contributed by atoms with Gasteiger partial charge in [0.15, 0.2) is 5.82 Å². The predicted molar refractivity (Wildman–Crippen MR) is 207 cm³/mol. The van der Waals surface area contributed by atoms with Gasteiger partial charge in [-0.1, -0.05) is 109 Å². The Balaban J connectivity index is 1.12. The first-order chi connectivity index (χ1) is 25.3. The first-order valence-corrected chi connectivity index (χ1v) is 17.1. The Morgan fingerprint density at radius 2 is 1.04 bits per heavy atom. The molecule has 0 aliphatic heterocycles. The molecule has 0 saturated heterocycles. The van der Waals surface area contributed by atoms with Crippen molar-refractivity contribution in [1.82, 2.24) is 14.5 Å². The number of hydrogen-bond donors (Lipinski definition) is 0. The molecule has 11 aromatic rings. The van der Waals surface area contributed by atoms with E-state index in [4.69, 9.17) is 18.8 Å². The minimum atomic E-state index is 0.623. The minimum absolute atomic E-state index is 0.623. The molecule has 0 fully saturated rings. The topological polar surface area (TPSA) is 57.0 Å². The summed E-state index contributed by atoms with van der Waals surface area (Å²) >= 11 is 0. The molecule has 0 bridgehead atoms. The third-order valence-electron chi connectivity index (χ3n) is 10.0.